The van der Waals surface area contributed by atoms with Gasteiger partial charge in [-0.05, 0) is 56.4 Å². The molecular weight excluding hydrogens is 710 g/mol. The van der Waals surface area contributed by atoms with Crippen molar-refractivity contribution in [1.82, 2.24) is 41.9 Å². The van der Waals surface area contributed by atoms with Gasteiger partial charge >= 0.3 is 5.97 Å². The zero-order chi connectivity index (χ0) is 41.4. The predicted octanol–water partition coefficient (Wildman–Crippen LogP) is 0.304. The molecule has 17 heteroatoms. The Morgan fingerprint density at radius 2 is 1.13 bits per heavy atom. The monoisotopic (exact) mass is 769 g/mol. The van der Waals surface area contributed by atoms with Crippen LogP contribution in [-0.4, -0.2) is 98.8 Å². The van der Waals surface area contributed by atoms with Crippen LogP contribution in [0.4, 0.5) is 0 Å². The molecule has 304 valence electrons. The molecule has 1 heterocycles. The minimum atomic E-state index is -1.29. The molecule has 0 aliphatic carbocycles. The van der Waals surface area contributed by atoms with Crippen molar-refractivity contribution in [2.75, 3.05) is 0 Å². The smallest absolute Gasteiger partial charge is 0.326 e. The number of amides is 6. The number of hydrogen-bond donors (Lipinski definition) is 9. The first kappa shape index (κ1) is 45.8. The summed E-state index contributed by atoms with van der Waals surface area (Å²) in [5, 5.41) is 25.4. The van der Waals surface area contributed by atoms with Gasteiger partial charge in [-0.1, -0.05) is 71.9 Å². The highest BCUT2D eigenvalue weighted by molar-refractivity contribution is 5.97. The maximum Gasteiger partial charge on any atom is 0.326 e. The molecule has 0 radical (unpaired) electrons. The fourth-order valence-electron chi connectivity index (χ4n) is 5.59. The molecule has 2 aromatic rings. The molecule has 0 spiro atoms. The van der Waals surface area contributed by atoms with Crippen LogP contribution in [0.5, 0.6) is 0 Å². The molecule has 0 saturated heterocycles. The number of aliphatic carboxylic acids is 1. The van der Waals surface area contributed by atoms with Gasteiger partial charge in [-0.2, -0.15) is 0 Å². The summed E-state index contributed by atoms with van der Waals surface area (Å²) in [5.74, 6) is -5.68. The number of nitrogens with two attached hydrogens (primary N) is 1. The van der Waals surface area contributed by atoms with Crippen molar-refractivity contribution in [2.24, 2.45) is 23.5 Å². The zero-order valence-corrected chi connectivity index (χ0v) is 33.0. The van der Waals surface area contributed by atoms with E-state index in [1.807, 2.05) is 58.0 Å². The minimum absolute atomic E-state index is 0.0393. The molecule has 7 atom stereocenters. The van der Waals surface area contributed by atoms with E-state index < -0.39 is 89.6 Å². The van der Waals surface area contributed by atoms with Crippen LogP contribution in [-0.2, 0) is 46.4 Å². The highest BCUT2D eigenvalue weighted by atomic mass is 16.4. The van der Waals surface area contributed by atoms with Crippen LogP contribution >= 0.6 is 0 Å². The summed E-state index contributed by atoms with van der Waals surface area (Å²) >= 11 is 0. The van der Waals surface area contributed by atoms with Gasteiger partial charge in [0.25, 0.3) is 0 Å². The second-order valence-corrected chi connectivity index (χ2v) is 15.0. The molecule has 1 aromatic heterocycles. The molecule has 0 aliphatic rings. The summed E-state index contributed by atoms with van der Waals surface area (Å²) in [4.78, 5) is 98.0. The van der Waals surface area contributed by atoms with Gasteiger partial charge < -0.3 is 47.7 Å². The lowest BCUT2D eigenvalue weighted by Gasteiger charge is -2.28. The molecule has 10 N–H and O–H groups in total. The maximum absolute atomic E-state index is 13.6. The lowest BCUT2D eigenvalue weighted by Crippen LogP contribution is -2.60. The van der Waals surface area contributed by atoms with Gasteiger partial charge in [-0.15, -0.1) is 0 Å². The summed E-state index contributed by atoms with van der Waals surface area (Å²) < 4.78 is 0. The van der Waals surface area contributed by atoms with Crippen LogP contribution in [0, 0.1) is 17.8 Å². The van der Waals surface area contributed by atoms with E-state index in [0.29, 0.717) is 5.69 Å². The van der Waals surface area contributed by atoms with Crippen molar-refractivity contribution in [2.45, 2.75) is 123 Å². The number of imidazole rings is 1. The average Bonchev–Trinajstić information content (AvgIpc) is 3.62. The van der Waals surface area contributed by atoms with Crippen LogP contribution in [0.3, 0.4) is 0 Å². The number of carboxylic acids is 1. The molecule has 55 heavy (non-hydrogen) atoms. The van der Waals surface area contributed by atoms with Gasteiger partial charge in [0.2, 0.25) is 35.4 Å². The first-order valence-corrected chi connectivity index (χ1v) is 18.6. The third-order valence-electron chi connectivity index (χ3n) is 8.66. The highest BCUT2D eigenvalue weighted by Crippen LogP contribution is 2.11. The van der Waals surface area contributed by atoms with Crippen molar-refractivity contribution in [3.05, 3.63) is 54.1 Å². The van der Waals surface area contributed by atoms with Gasteiger partial charge in [-0.3, -0.25) is 28.8 Å². The number of H-pyrrole nitrogens is 1. The molecular formula is C38H59N9O8. The Balaban J connectivity index is 2.06. The second kappa shape index (κ2) is 22.2. The van der Waals surface area contributed by atoms with E-state index in [2.05, 4.69) is 41.9 Å². The molecule has 0 saturated carbocycles. The quantitative estimate of drug-likeness (QED) is 0.0791. The average molecular weight is 770 g/mol. The number of aromatic nitrogens is 2. The fourth-order valence-corrected chi connectivity index (χ4v) is 5.59. The van der Waals surface area contributed by atoms with Crippen LogP contribution in [0.1, 0.15) is 79.5 Å². The topological polar surface area (TPSA) is 267 Å². The van der Waals surface area contributed by atoms with Gasteiger partial charge in [0, 0.05) is 18.3 Å². The van der Waals surface area contributed by atoms with Gasteiger partial charge in [-0.25, -0.2) is 9.78 Å². The van der Waals surface area contributed by atoms with Crippen molar-refractivity contribution < 1.29 is 38.7 Å². The Hall–Kier alpha value is -5.32. The van der Waals surface area contributed by atoms with E-state index in [0.717, 1.165) is 5.56 Å². The van der Waals surface area contributed by atoms with Gasteiger partial charge in [0.1, 0.15) is 36.3 Å². The van der Waals surface area contributed by atoms with Gasteiger partial charge in [0.05, 0.1) is 12.4 Å². The highest BCUT2D eigenvalue weighted by Gasteiger charge is 2.33. The first-order chi connectivity index (χ1) is 25.8. The minimum Gasteiger partial charge on any atom is -0.480 e. The number of benzene rings is 1. The maximum atomic E-state index is 13.6. The summed E-state index contributed by atoms with van der Waals surface area (Å²) in [6, 6.07) is 1.55. The molecule has 0 unspecified atom stereocenters. The van der Waals surface area contributed by atoms with Crippen LogP contribution < -0.4 is 37.6 Å². The van der Waals surface area contributed by atoms with Crippen molar-refractivity contribution >= 4 is 41.4 Å². The number of carbonyl (C=O) groups is 7. The van der Waals surface area contributed by atoms with E-state index in [-0.39, 0.29) is 37.5 Å². The normalized spacial score (nSPS) is 15.1. The lowest BCUT2D eigenvalue weighted by molar-refractivity contribution is -0.142. The van der Waals surface area contributed by atoms with Crippen LogP contribution in [0.2, 0.25) is 0 Å². The molecule has 0 aliphatic heterocycles. The predicted molar refractivity (Wildman–Crippen MR) is 205 cm³/mol. The number of carbonyl (C=O) groups excluding carboxylic acids is 6. The first-order valence-electron chi connectivity index (χ1n) is 18.6. The fraction of sp³-hybridized carbons (Fsp3) is 0.579. The van der Waals surface area contributed by atoms with Crippen molar-refractivity contribution in [1.29, 1.82) is 0 Å². The van der Waals surface area contributed by atoms with E-state index in [1.165, 1.54) is 26.4 Å². The third-order valence-corrected chi connectivity index (χ3v) is 8.66. The number of nitrogens with zero attached hydrogens (tertiary/aromatic N) is 1. The van der Waals surface area contributed by atoms with Crippen LogP contribution in [0.25, 0.3) is 0 Å². The summed E-state index contributed by atoms with van der Waals surface area (Å²) in [6.07, 6.45) is 3.46. The lowest BCUT2D eigenvalue weighted by atomic mass is 9.99. The number of carboxylic acid groups (broad SMARTS) is 1. The number of aromatic amines is 1. The largest absolute Gasteiger partial charge is 0.480 e. The Labute approximate surface area is 322 Å². The molecule has 0 fully saturated rings. The van der Waals surface area contributed by atoms with Crippen molar-refractivity contribution in [3.8, 4) is 0 Å². The Kier molecular flexibility index (Phi) is 18.5. The van der Waals surface area contributed by atoms with E-state index in [9.17, 15) is 38.7 Å². The second-order valence-electron chi connectivity index (χ2n) is 15.0. The number of rotatable bonds is 22. The van der Waals surface area contributed by atoms with Crippen molar-refractivity contribution in [3.63, 3.8) is 0 Å². The molecule has 17 nitrogen and oxygen atoms in total. The van der Waals surface area contributed by atoms with E-state index in [1.54, 1.807) is 13.8 Å². The summed E-state index contributed by atoms with van der Waals surface area (Å²) in [7, 11) is 0. The molecule has 2 rings (SSSR count). The summed E-state index contributed by atoms with van der Waals surface area (Å²) in [6.45, 7) is 13.7. The van der Waals surface area contributed by atoms with E-state index in [4.69, 9.17) is 5.73 Å². The summed E-state index contributed by atoms with van der Waals surface area (Å²) in [5.41, 5.74) is 7.43. The van der Waals surface area contributed by atoms with E-state index >= 15 is 0 Å². The number of hydrogen-bond acceptors (Lipinski definition) is 9. The molecule has 0 bridgehead atoms. The molecule has 6 amide bonds. The Morgan fingerprint density at radius 3 is 1.58 bits per heavy atom. The Bertz CT molecular complexity index is 1580. The SMILES string of the molecule is CC(C)C[C@H](NC(=O)[C@H](C)NC(=O)[C@@H](NC(=O)[C@H](CC(C)C)NC(=O)[C@H](C)NC(=O)[C@@H](N)Cc1ccccc1)C(C)C)C(=O)N[C@@H](Cc1cnc[nH]1)C(=O)O. The molecule has 1 aromatic carbocycles. The number of nitrogens with one attached hydrogen (secondary N) is 7. The standard InChI is InChI=1S/C38H59N9O8/c1-20(2)14-28(35(51)46-30(38(54)55)17-26-18-40-19-41-26)44-33(49)24(8)43-37(53)31(22(5)6)47-36(52)29(15-21(3)4)45-32(48)23(7)42-34(50)27(39)16-25-12-10-9-11-13-25/h9-13,18-24,27-31H,14-17,39H2,1-8H3,(H,40,41)(H,42,50)(H,43,53)(H,44,49)(H,45,48)(H,46,51)(H,47,52)(H,54,55)/t23-,24-,27-,28-,29-,30-,31-/m0/s1. The third kappa shape index (κ3) is 15.9. The Morgan fingerprint density at radius 1 is 0.636 bits per heavy atom. The zero-order valence-electron chi connectivity index (χ0n) is 33.0. The van der Waals surface area contributed by atoms with Crippen LogP contribution in [0.15, 0.2) is 42.9 Å². The van der Waals surface area contributed by atoms with Gasteiger partial charge in [0.15, 0.2) is 0 Å².